The van der Waals surface area contributed by atoms with Crippen molar-refractivity contribution in [3.63, 3.8) is 0 Å². The van der Waals surface area contributed by atoms with E-state index < -0.39 is 17.3 Å². The van der Waals surface area contributed by atoms with E-state index in [1.807, 2.05) is 26.1 Å². The minimum absolute atomic E-state index is 0.0183. The maximum absolute atomic E-state index is 15.5. The lowest BCUT2D eigenvalue weighted by atomic mass is 9.32. The van der Waals surface area contributed by atoms with E-state index in [2.05, 4.69) is 82.3 Å². The third-order valence-corrected chi connectivity index (χ3v) is 20.1. The molecular weight excluding hydrogens is 735 g/mol. The third-order valence-electron chi connectivity index (χ3n) is 20.1. The van der Waals surface area contributed by atoms with Crippen LogP contribution in [0.15, 0.2) is 48.7 Å². The van der Waals surface area contributed by atoms with Gasteiger partial charge in [0.05, 0.1) is 35.2 Å². The van der Waals surface area contributed by atoms with Gasteiger partial charge in [-0.1, -0.05) is 91.0 Å². The van der Waals surface area contributed by atoms with Crippen LogP contribution in [-0.2, 0) is 19.1 Å². The van der Waals surface area contributed by atoms with Gasteiger partial charge >= 0.3 is 11.9 Å². The normalized spacial score (nSPS) is 43.0. The van der Waals surface area contributed by atoms with Crippen LogP contribution >= 0.6 is 0 Å². The van der Waals surface area contributed by atoms with Crippen molar-refractivity contribution in [1.29, 1.82) is 0 Å². The zero-order valence-corrected chi connectivity index (χ0v) is 37.2. The number of carbonyl (C=O) groups is 3. The zero-order valence-electron chi connectivity index (χ0n) is 37.2. The molecule has 2 aromatic rings. The number of allylic oxidation sites excluding steroid dienone is 1. The Morgan fingerprint density at radius 2 is 1.58 bits per heavy atom. The molecule has 1 unspecified atom stereocenters. The summed E-state index contributed by atoms with van der Waals surface area (Å²) in [6.45, 7) is 24.0. The molecule has 0 bridgehead atoms. The fourth-order valence-electron chi connectivity index (χ4n) is 16.5. The van der Waals surface area contributed by atoms with Gasteiger partial charge in [-0.2, -0.15) is 0 Å². The molecule has 1 aromatic heterocycles. The number of hydrogen-bond donors (Lipinski definition) is 2. The number of rotatable bonds is 7. The summed E-state index contributed by atoms with van der Waals surface area (Å²) in [6.07, 6.45) is 14.7. The van der Waals surface area contributed by atoms with Crippen molar-refractivity contribution in [2.75, 3.05) is 6.54 Å². The molecule has 7 aliphatic rings. The average molecular weight is 806 g/mol. The number of H-pyrrole nitrogens is 1. The van der Waals surface area contributed by atoms with E-state index in [0.717, 1.165) is 94.3 Å². The Bertz CT molecular complexity index is 2020. The van der Waals surface area contributed by atoms with Gasteiger partial charge in [0.15, 0.2) is 0 Å². The van der Waals surface area contributed by atoms with Crippen molar-refractivity contribution < 1.29 is 24.2 Å². The van der Waals surface area contributed by atoms with Crippen LogP contribution in [0, 0.1) is 73.9 Å². The first kappa shape index (κ1) is 41.0. The SMILES string of the molecule is C=C(C)[C@@H]1CC[C@]2(C(=O)N3CCC[C@H]3c3ncc(-c4ccccc4)[nH]3)CC[C@]3(C)[C@H](CC[C@@H]4C5(C)CC[C@H](OC(=O)[C@@H]6C[C@H](C(=O)O)C6(C)C)C(C)(C)[C@@H]5CC[C@]43C)[C@@H]12. The number of likely N-dealkylation sites (tertiary alicyclic amines) is 1. The van der Waals surface area contributed by atoms with Crippen LogP contribution in [0.25, 0.3) is 11.3 Å². The quantitative estimate of drug-likeness (QED) is 0.213. The van der Waals surface area contributed by atoms with Crippen molar-refractivity contribution in [3.05, 3.63) is 54.5 Å². The molecule has 8 nitrogen and oxygen atoms in total. The molecule has 0 radical (unpaired) electrons. The van der Waals surface area contributed by atoms with Gasteiger partial charge in [0.2, 0.25) is 5.91 Å². The topological polar surface area (TPSA) is 113 Å². The summed E-state index contributed by atoms with van der Waals surface area (Å²) in [5.41, 5.74) is 2.60. The highest BCUT2D eigenvalue weighted by Crippen LogP contribution is 2.78. The van der Waals surface area contributed by atoms with Crippen LogP contribution in [0.2, 0.25) is 0 Å². The van der Waals surface area contributed by atoms with Crippen molar-refractivity contribution in [2.24, 2.45) is 73.9 Å². The number of nitrogens with one attached hydrogen (secondary N) is 1. The van der Waals surface area contributed by atoms with Crippen molar-refractivity contribution >= 4 is 17.8 Å². The Morgan fingerprint density at radius 3 is 2.27 bits per heavy atom. The minimum atomic E-state index is -0.817. The van der Waals surface area contributed by atoms with E-state index in [4.69, 9.17) is 9.72 Å². The first-order valence-electron chi connectivity index (χ1n) is 23.3. The lowest BCUT2D eigenvalue weighted by Gasteiger charge is -2.73. The Kier molecular flexibility index (Phi) is 9.58. The zero-order chi connectivity index (χ0) is 42.1. The summed E-state index contributed by atoms with van der Waals surface area (Å²) in [4.78, 5) is 51.8. The Hall–Kier alpha value is -3.42. The average Bonchev–Trinajstić information content (AvgIpc) is 3.95. The summed E-state index contributed by atoms with van der Waals surface area (Å²) in [5.74, 6) is 1.53. The highest BCUT2D eigenvalue weighted by Gasteiger charge is 2.72. The molecule has 1 aromatic carbocycles. The summed E-state index contributed by atoms with van der Waals surface area (Å²) in [7, 11) is 0. The second-order valence-corrected chi connectivity index (χ2v) is 22.8. The molecule has 1 amide bonds. The monoisotopic (exact) mass is 806 g/mol. The molecule has 6 saturated carbocycles. The van der Waals surface area contributed by atoms with Gasteiger partial charge in [-0.05, 0) is 147 Å². The van der Waals surface area contributed by atoms with Crippen LogP contribution in [0.4, 0.5) is 0 Å². The molecule has 320 valence electrons. The predicted molar refractivity (Wildman–Crippen MR) is 230 cm³/mol. The molecule has 59 heavy (non-hydrogen) atoms. The summed E-state index contributed by atoms with van der Waals surface area (Å²) < 4.78 is 6.47. The standard InChI is InChI=1S/C51H71N3O5/c1-30(2)32-19-24-51(45(58)54-27-13-16-37(54)42-52-29-36(53-42)31-14-11-10-12-15-31)26-25-49(8)33(41(32)51)17-18-39-48(7)22-21-40(47(5,6)38(48)20-23-50(39,49)9)59-44(57)35-28-34(43(55)56)46(35,3)4/h10-12,14-15,29,32-35,37-41H,1,13,16-28H2,2-9H3,(H,52,53)(H,55,56)/t32-,33+,34+,35-,37-,38-,39+,40-,41+,48?,49+,50+,51-/m0/s1. The molecule has 2 N–H and O–H groups in total. The fourth-order valence-corrected chi connectivity index (χ4v) is 16.5. The number of aromatic nitrogens is 2. The number of carboxylic acid groups (broad SMARTS) is 1. The van der Waals surface area contributed by atoms with E-state index in [1.165, 1.54) is 12.0 Å². The highest BCUT2D eigenvalue weighted by molar-refractivity contribution is 5.85. The lowest BCUT2D eigenvalue weighted by molar-refractivity contribution is -0.251. The van der Waals surface area contributed by atoms with Gasteiger partial charge in [-0.15, -0.1) is 0 Å². The van der Waals surface area contributed by atoms with Gasteiger partial charge in [0, 0.05) is 12.0 Å². The number of ether oxygens (including phenoxy) is 1. The molecule has 7 fully saturated rings. The molecule has 0 spiro atoms. The van der Waals surface area contributed by atoms with Crippen LogP contribution in [0.5, 0.6) is 0 Å². The minimum Gasteiger partial charge on any atom is -0.481 e. The number of aliphatic carboxylic acids is 1. The van der Waals surface area contributed by atoms with Gasteiger partial charge in [-0.3, -0.25) is 14.4 Å². The molecule has 13 atom stereocenters. The Labute approximate surface area is 353 Å². The number of imidazole rings is 1. The van der Waals surface area contributed by atoms with Crippen LogP contribution in [0.3, 0.4) is 0 Å². The number of esters is 1. The Balaban J connectivity index is 0.968. The van der Waals surface area contributed by atoms with Crippen molar-refractivity contribution in [3.8, 4) is 11.3 Å². The molecular formula is C51H71N3O5. The van der Waals surface area contributed by atoms with Crippen LogP contribution in [-0.4, -0.2) is 50.5 Å². The maximum atomic E-state index is 15.5. The Morgan fingerprint density at radius 1 is 0.831 bits per heavy atom. The number of benzene rings is 1. The summed E-state index contributed by atoms with van der Waals surface area (Å²) >= 11 is 0. The molecule has 2 heterocycles. The number of hydrogen-bond acceptors (Lipinski definition) is 5. The molecule has 6 aliphatic carbocycles. The molecule has 1 aliphatic heterocycles. The number of carboxylic acids is 1. The van der Waals surface area contributed by atoms with Gasteiger partial charge in [-0.25, -0.2) is 4.98 Å². The smallest absolute Gasteiger partial charge is 0.309 e. The van der Waals surface area contributed by atoms with E-state index in [1.54, 1.807) is 0 Å². The highest BCUT2D eigenvalue weighted by atomic mass is 16.5. The molecule has 8 heteroatoms. The number of fused-ring (bicyclic) bond motifs is 7. The van der Waals surface area contributed by atoms with E-state index in [9.17, 15) is 14.7 Å². The van der Waals surface area contributed by atoms with Crippen molar-refractivity contribution in [1.82, 2.24) is 14.9 Å². The second-order valence-electron chi connectivity index (χ2n) is 22.8. The first-order valence-corrected chi connectivity index (χ1v) is 23.3. The summed E-state index contributed by atoms with van der Waals surface area (Å²) in [6, 6.07) is 10.3. The van der Waals surface area contributed by atoms with Gasteiger partial charge < -0.3 is 19.7 Å². The van der Waals surface area contributed by atoms with Gasteiger partial charge in [0.1, 0.15) is 11.9 Å². The van der Waals surface area contributed by atoms with Gasteiger partial charge in [0.25, 0.3) is 0 Å². The second kappa shape index (κ2) is 13.8. The molecule has 9 rings (SSSR count). The van der Waals surface area contributed by atoms with E-state index in [0.29, 0.717) is 41.9 Å². The molecule has 1 saturated heterocycles. The van der Waals surface area contributed by atoms with E-state index in [-0.39, 0.29) is 51.1 Å². The predicted octanol–water partition coefficient (Wildman–Crippen LogP) is 11.1. The largest absolute Gasteiger partial charge is 0.481 e. The van der Waals surface area contributed by atoms with Crippen LogP contribution in [0.1, 0.15) is 151 Å². The van der Waals surface area contributed by atoms with Crippen molar-refractivity contribution in [2.45, 2.75) is 151 Å². The first-order chi connectivity index (χ1) is 27.8. The number of nitrogens with zero attached hydrogens (tertiary/aromatic N) is 2. The lowest BCUT2D eigenvalue weighted by Crippen LogP contribution is -2.67. The number of aromatic amines is 1. The number of amides is 1. The van der Waals surface area contributed by atoms with E-state index >= 15 is 4.79 Å². The van der Waals surface area contributed by atoms with Crippen LogP contribution < -0.4 is 0 Å². The third kappa shape index (κ3) is 5.71. The summed E-state index contributed by atoms with van der Waals surface area (Å²) in [5, 5.41) is 9.70. The fraction of sp³-hybridized carbons (Fsp3) is 0.725. The maximum Gasteiger partial charge on any atom is 0.309 e. The number of carbonyl (C=O) groups excluding carboxylic acids is 2.